The Bertz CT molecular complexity index is 637. The monoisotopic (exact) mass is 346 g/mol. The second kappa shape index (κ2) is 7.44. The number of sulfonamides is 1. The Balaban J connectivity index is 3.07. The molecular formula is C15H23ClN2O3S. The van der Waals surface area contributed by atoms with Crippen LogP contribution in [0.5, 0.6) is 0 Å². The highest BCUT2D eigenvalue weighted by atomic mass is 35.5. The fourth-order valence-electron chi connectivity index (χ4n) is 1.79. The summed E-state index contributed by atoms with van der Waals surface area (Å²) in [5.74, 6) is -0.308. The van der Waals surface area contributed by atoms with Crippen molar-refractivity contribution in [1.82, 2.24) is 10.0 Å². The van der Waals surface area contributed by atoms with Gasteiger partial charge in [-0.25, -0.2) is 13.1 Å². The molecule has 0 unspecified atom stereocenters. The van der Waals surface area contributed by atoms with Crippen LogP contribution in [0, 0.1) is 0 Å². The van der Waals surface area contributed by atoms with Crippen LogP contribution in [0.3, 0.4) is 0 Å². The van der Waals surface area contributed by atoms with E-state index >= 15 is 0 Å². The largest absolute Gasteiger partial charge is 0.352 e. The lowest BCUT2D eigenvalue weighted by atomic mass is 10.1. The average Bonchev–Trinajstić information content (AvgIpc) is 2.36. The maximum atomic E-state index is 12.4. The Kier molecular flexibility index (Phi) is 6.40. The zero-order valence-electron chi connectivity index (χ0n) is 13.4. The fourth-order valence-corrected chi connectivity index (χ4v) is 3.73. The van der Waals surface area contributed by atoms with Crippen molar-refractivity contribution in [3.05, 3.63) is 28.8 Å². The standard InChI is InChI=1S/C15H23ClN2O3S/c1-5-6-9-17-14(19)11-7-8-12(16)13(10-11)22(20,21)18-15(2,3)4/h7-8,10,18H,5-6,9H2,1-4H3,(H,17,19). The van der Waals surface area contributed by atoms with Gasteiger partial charge in [0, 0.05) is 17.6 Å². The van der Waals surface area contributed by atoms with Crippen molar-refractivity contribution in [2.75, 3.05) is 6.54 Å². The molecule has 0 spiro atoms. The quantitative estimate of drug-likeness (QED) is 0.777. The SMILES string of the molecule is CCCCNC(=O)c1ccc(Cl)c(S(=O)(=O)NC(C)(C)C)c1. The Morgan fingerprint density at radius 2 is 1.91 bits per heavy atom. The molecule has 0 radical (unpaired) electrons. The van der Waals surface area contributed by atoms with E-state index in [9.17, 15) is 13.2 Å². The highest BCUT2D eigenvalue weighted by molar-refractivity contribution is 7.89. The van der Waals surface area contributed by atoms with Gasteiger partial charge in [0.25, 0.3) is 5.91 Å². The highest BCUT2D eigenvalue weighted by Crippen LogP contribution is 2.24. The number of amides is 1. The van der Waals surface area contributed by atoms with E-state index in [0.717, 1.165) is 12.8 Å². The van der Waals surface area contributed by atoms with Crippen LogP contribution in [0.4, 0.5) is 0 Å². The minimum atomic E-state index is -3.79. The van der Waals surface area contributed by atoms with E-state index in [-0.39, 0.29) is 21.4 Å². The molecule has 0 bridgehead atoms. The van der Waals surface area contributed by atoms with Crippen LogP contribution in [-0.2, 0) is 10.0 Å². The predicted octanol–water partition coefficient (Wildman–Crippen LogP) is 2.95. The van der Waals surface area contributed by atoms with Gasteiger partial charge in [-0.3, -0.25) is 4.79 Å². The molecule has 1 rings (SSSR count). The Hall–Kier alpha value is -1.11. The molecule has 0 heterocycles. The van der Waals surface area contributed by atoms with Gasteiger partial charge in [-0.1, -0.05) is 24.9 Å². The summed E-state index contributed by atoms with van der Waals surface area (Å²) in [5.41, 5.74) is -0.364. The zero-order chi connectivity index (χ0) is 17.0. The minimum absolute atomic E-state index is 0.0851. The van der Waals surface area contributed by atoms with Gasteiger partial charge in [0.15, 0.2) is 0 Å². The van der Waals surface area contributed by atoms with Crippen molar-refractivity contribution in [3.63, 3.8) is 0 Å². The molecule has 1 aromatic carbocycles. The van der Waals surface area contributed by atoms with Gasteiger partial charge in [0.05, 0.1) is 5.02 Å². The topological polar surface area (TPSA) is 75.3 Å². The van der Waals surface area contributed by atoms with Crippen LogP contribution in [0.2, 0.25) is 5.02 Å². The number of hydrogen-bond acceptors (Lipinski definition) is 3. The molecule has 1 amide bonds. The van der Waals surface area contributed by atoms with Gasteiger partial charge < -0.3 is 5.32 Å². The Morgan fingerprint density at radius 3 is 2.45 bits per heavy atom. The first-order chi connectivity index (χ1) is 10.1. The smallest absolute Gasteiger partial charge is 0.251 e. The summed E-state index contributed by atoms with van der Waals surface area (Å²) >= 11 is 5.99. The lowest BCUT2D eigenvalue weighted by Gasteiger charge is -2.21. The predicted molar refractivity (Wildman–Crippen MR) is 88.8 cm³/mol. The molecule has 0 saturated carbocycles. The van der Waals surface area contributed by atoms with Crippen molar-refractivity contribution in [2.45, 2.75) is 51.0 Å². The van der Waals surface area contributed by atoms with E-state index < -0.39 is 15.6 Å². The third-order valence-electron chi connectivity index (χ3n) is 2.74. The molecule has 0 fully saturated rings. The van der Waals surface area contributed by atoms with Crippen molar-refractivity contribution < 1.29 is 13.2 Å². The number of benzene rings is 1. The molecule has 0 saturated heterocycles. The number of halogens is 1. The van der Waals surface area contributed by atoms with Crippen molar-refractivity contribution >= 4 is 27.5 Å². The Morgan fingerprint density at radius 1 is 1.27 bits per heavy atom. The van der Waals surface area contributed by atoms with E-state index in [1.807, 2.05) is 6.92 Å². The zero-order valence-corrected chi connectivity index (χ0v) is 14.9. The summed E-state index contributed by atoms with van der Waals surface area (Å²) in [5, 5.41) is 2.83. The van der Waals surface area contributed by atoms with Crippen LogP contribution in [0.1, 0.15) is 50.9 Å². The molecule has 0 aliphatic carbocycles. The average molecular weight is 347 g/mol. The van der Waals surface area contributed by atoms with E-state index in [0.29, 0.717) is 6.54 Å². The van der Waals surface area contributed by atoms with Gasteiger partial charge in [0.1, 0.15) is 4.90 Å². The minimum Gasteiger partial charge on any atom is -0.352 e. The second-order valence-corrected chi connectivity index (χ2v) is 8.17. The number of carbonyl (C=O) groups excluding carboxylic acids is 1. The van der Waals surface area contributed by atoms with Crippen LogP contribution >= 0.6 is 11.6 Å². The molecule has 124 valence electrons. The third kappa shape index (κ3) is 5.59. The molecule has 22 heavy (non-hydrogen) atoms. The number of hydrogen-bond donors (Lipinski definition) is 2. The van der Waals surface area contributed by atoms with E-state index in [1.165, 1.54) is 18.2 Å². The lowest BCUT2D eigenvalue weighted by molar-refractivity contribution is 0.0953. The first-order valence-electron chi connectivity index (χ1n) is 7.18. The van der Waals surface area contributed by atoms with Gasteiger partial charge in [-0.2, -0.15) is 0 Å². The molecular weight excluding hydrogens is 324 g/mol. The number of unbranched alkanes of at least 4 members (excludes halogenated alkanes) is 1. The van der Waals surface area contributed by atoms with Gasteiger partial charge >= 0.3 is 0 Å². The maximum absolute atomic E-state index is 12.4. The molecule has 5 nitrogen and oxygen atoms in total. The third-order valence-corrected chi connectivity index (χ3v) is 4.98. The van der Waals surface area contributed by atoms with E-state index in [2.05, 4.69) is 10.0 Å². The van der Waals surface area contributed by atoms with E-state index in [1.54, 1.807) is 20.8 Å². The van der Waals surface area contributed by atoms with Gasteiger partial charge in [-0.05, 0) is 45.4 Å². The number of rotatable bonds is 6. The summed E-state index contributed by atoms with van der Waals surface area (Å²) in [6, 6.07) is 4.24. The van der Waals surface area contributed by atoms with Gasteiger partial charge in [0.2, 0.25) is 10.0 Å². The maximum Gasteiger partial charge on any atom is 0.251 e. The van der Waals surface area contributed by atoms with Crippen molar-refractivity contribution in [2.24, 2.45) is 0 Å². The normalized spacial score (nSPS) is 12.2. The summed E-state index contributed by atoms with van der Waals surface area (Å²) < 4.78 is 27.3. The van der Waals surface area contributed by atoms with E-state index in [4.69, 9.17) is 11.6 Å². The molecule has 0 atom stereocenters. The summed E-state index contributed by atoms with van der Waals surface area (Å²) in [7, 11) is -3.79. The van der Waals surface area contributed by atoms with Crippen molar-refractivity contribution in [3.8, 4) is 0 Å². The van der Waals surface area contributed by atoms with Crippen LogP contribution in [0.15, 0.2) is 23.1 Å². The lowest BCUT2D eigenvalue weighted by Crippen LogP contribution is -2.40. The Labute approximate surface area is 137 Å². The van der Waals surface area contributed by atoms with Crippen LogP contribution in [0.25, 0.3) is 0 Å². The molecule has 0 aliphatic rings. The second-order valence-electron chi connectivity index (χ2n) is 6.11. The molecule has 0 aliphatic heterocycles. The first kappa shape index (κ1) is 18.9. The molecule has 0 aromatic heterocycles. The number of nitrogens with one attached hydrogen (secondary N) is 2. The molecule has 2 N–H and O–H groups in total. The van der Waals surface area contributed by atoms with Crippen LogP contribution < -0.4 is 10.0 Å². The summed E-state index contributed by atoms with van der Waals surface area (Å²) in [6.45, 7) is 7.79. The van der Waals surface area contributed by atoms with Gasteiger partial charge in [-0.15, -0.1) is 0 Å². The molecule has 1 aromatic rings. The van der Waals surface area contributed by atoms with Crippen molar-refractivity contribution in [1.29, 1.82) is 0 Å². The fraction of sp³-hybridized carbons (Fsp3) is 0.533. The van der Waals surface area contributed by atoms with Crippen LogP contribution in [-0.4, -0.2) is 26.4 Å². The molecule has 7 heteroatoms. The highest BCUT2D eigenvalue weighted by Gasteiger charge is 2.25. The summed E-state index contributed by atoms with van der Waals surface area (Å²) in [6.07, 6.45) is 1.84. The number of carbonyl (C=O) groups is 1. The summed E-state index contributed by atoms with van der Waals surface area (Å²) in [4.78, 5) is 11.9. The first-order valence-corrected chi connectivity index (χ1v) is 9.04.